The average molecular weight is 449 g/mol. The summed E-state index contributed by atoms with van der Waals surface area (Å²) >= 11 is 5.88. The van der Waals surface area contributed by atoms with Gasteiger partial charge in [0.2, 0.25) is 10.0 Å². The summed E-state index contributed by atoms with van der Waals surface area (Å²) in [7, 11) is -8.18. The third kappa shape index (κ3) is 4.31. The first-order valence-corrected chi connectivity index (χ1v) is 11.6. The van der Waals surface area contributed by atoms with Gasteiger partial charge in [0, 0.05) is 18.1 Å². The molecule has 0 bridgehead atoms. The molecule has 1 heterocycles. The van der Waals surface area contributed by atoms with Crippen LogP contribution in [0.4, 0.5) is 10.1 Å². The van der Waals surface area contributed by atoms with Gasteiger partial charge in [-0.15, -0.1) is 0 Å². The fourth-order valence-corrected chi connectivity index (χ4v) is 5.82. The van der Waals surface area contributed by atoms with E-state index in [9.17, 15) is 21.2 Å². The van der Waals surface area contributed by atoms with Crippen molar-refractivity contribution in [1.29, 1.82) is 0 Å². The lowest BCUT2D eigenvalue weighted by Gasteiger charge is -2.26. The molecular weight excluding hydrogens is 431 g/mol. The van der Waals surface area contributed by atoms with Crippen molar-refractivity contribution in [2.24, 2.45) is 0 Å². The zero-order chi connectivity index (χ0) is 20.5. The molecule has 0 unspecified atom stereocenters. The predicted molar refractivity (Wildman–Crippen MR) is 103 cm³/mol. The number of hydrogen-bond acceptors (Lipinski definition) is 5. The first-order valence-electron chi connectivity index (χ1n) is 8.28. The van der Waals surface area contributed by atoms with Crippen LogP contribution in [0, 0.1) is 12.7 Å². The molecule has 0 spiro atoms. The maximum Gasteiger partial charge on any atom is 0.262 e. The Labute approximate surface area is 168 Å². The smallest absolute Gasteiger partial charge is 0.262 e. The Kier molecular flexibility index (Phi) is 5.97. The molecular formula is C17H18ClFN2O5S2. The number of benzene rings is 2. The zero-order valence-corrected chi connectivity index (χ0v) is 17.2. The van der Waals surface area contributed by atoms with Gasteiger partial charge in [0.15, 0.2) is 0 Å². The summed E-state index contributed by atoms with van der Waals surface area (Å²) in [6, 6.07) is 7.43. The SMILES string of the molecule is Cc1ccc(Cl)cc1S(=O)(=O)Nc1ccc(F)c(S(=O)(=O)N2CCOCC2)c1. The molecule has 152 valence electrons. The Bertz CT molecular complexity index is 1100. The molecule has 28 heavy (non-hydrogen) atoms. The number of aryl methyl sites for hydroxylation is 1. The second kappa shape index (κ2) is 7.96. The van der Waals surface area contributed by atoms with Crippen LogP contribution < -0.4 is 4.72 Å². The quantitative estimate of drug-likeness (QED) is 0.759. The zero-order valence-electron chi connectivity index (χ0n) is 14.9. The number of morpholine rings is 1. The first kappa shape index (κ1) is 21.0. The number of rotatable bonds is 5. The number of anilines is 1. The highest BCUT2D eigenvalue weighted by atomic mass is 35.5. The topological polar surface area (TPSA) is 92.8 Å². The van der Waals surface area contributed by atoms with E-state index in [1.165, 1.54) is 6.07 Å². The summed E-state index contributed by atoms with van der Waals surface area (Å²) in [4.78, 5) is -0.653. The van der Waals surface area contributed by atoms with Crippen molar-refractivity contribution in [2.45, 2.75) is 16.7 Å². The van der Waals surface area contributed by atoms with Crippen LogP contribution in [-0.2, 0) is 24.8 Å². The Morgan fingerprint density at radius 2 is 1.71 bits per heavy atom. The normalized spacial score (nSPS) is 16.1. The monoisotopic (exact) mass is 448 g/mol. The molecule has 1 aliphatic rings. The Morgan fingerprint density at radius 1 is 1.04 bits per heavy atom. The molecule has 7 nitrogen and oxygen atoms in total. The van der Waals surface area contributed by atoms with Gasteiger partial charge in [-0.2, -0.15) is 4.31 Å². The van der Waals surface area contributed by atoms with E-state index in [0.29, 0.717) is 5.56 Å². The molecule has 0 saturated carbocycles. The van der Waals surface area contributed by atoms with Gasteiger partial charge in [-0.25, -0.2) is 21.2 Å². The van der Waals surface area contributed by atoms with Crippen molar-refractivity contribution in [2.75, 3.05) is 31.0 Å². The van der Waals surface area contributed by atoms with Gasteiger partial charge in [-0.3, -0.25) is 4.72 Å². The molecule has 3 rings (SSSR count). The highest BCUT2D eigenvalue weighted by Gasteiger charge is 2.29. The van der Waals surface area contributed by atoms with Gasteiger partial charge in [0.25, 0.3) is 10.0 Å². The van der Waals surface area contributed by atoms with Crippen molar-refractivity contribution < 1.29 is 26.0 Å². The maximum atomic E-state index is 14.3. The summed E-state index contributed by atoms with van der Waals surface area (Å²) in [6.45, 7) is 2.21. The number of sulfonamides is 2. The van der Waals surface area contributed by atoms with E-state index in [4.69, 9.17) is 16.3 Å². The fraction of sp³-hybridized carbons (Fsp3) is 0.294. The lowest BCUT2D eigenvalue weighted by molar-refractivity contribution is 0.0729. The molecule has 1 fully saturated rings. The third-order valence-electron chi connectivity index (χ3n) is 4.21. The van der Waals surface area contributed by atoms with Crippen LogP contribution in [0.3, 0.4) is 0 Å². The lowest BCUT2D eigenvalue weighted by Crippen LogP contribution is -2.40. The Morgan fingerprint density at radius 3 is 2.39 bits per heavy atom. The Balaban J connectivity index is 1.96. The molecule has 0 aliphatic carbocycles. The first-order chi connectivity index (χ1) is 13.1. The average Bonchev–Trinajstić information content (AvgIpc) is 2.65. The Hall–Kier alpha value is -1.72. The van der Waals surface area contributed by atoms with Crippen molar-refractivity contribution in [1.82, 2.24) is 4.31 Å². The predicted octanol–water partition coefficient (Wildman–Crippen LogP) is 2.61. The summed E-state index contributed by atoms with van der Waals surface area (Å²) < 4.78 is 73.6. The molecule has 0 amide bonds. The van der Waals surface area contributed by atoms with Crippen molar-refractivity contribution in [3.05, 3.63) is 52.8 Å². The molecule has 0 aromatic heterocycles. The van der Waals surface area contributed by atoms with Gasteiger partial charge < -0.3 is 4.74 Å². The third-order valence-corrected chi connectivity index (χ3v) is 7.88. The fourth-order valence-electron chi connectivity index (χ4n) is 2.76. The standard InChI is InChI=1S/C17H18ClFN2O5S2/c1-12-2-3-13(18)10-16(12)27(22,23)20-14-4-5-15(19)17(11-14)28(24,25)21-6-8-26-9-7-21/h2-5,10-11,20H,6-9H2,1H3. The summed E-state index contributed by atoms with van der Waals surface area (Å²) in [5.41, 5.74) is 0.382. The van der Waals surface area contributed by atoms with Gasteiger partial charge in [-0.1, -0.05) is 17.7 Å². The molecule has 11 heteroatoms. The summed E-state index contributed by atoms with van der Waals surface area (Å²) in [5, 5.41) is 0.237. The van der Waals surface area contributed by atoms with Gasteiger partial charge in [-0.05, 0) is 42.8 Å². The van der Waals surface area contributed by atoms with Gasteiger partial charge in [0.05, 0.1) is 23.8 Å². The van der Waals surface area contributed by atoms with E-state index in [0.717, 1.165) is 22.5 Å². The van der Waals surface area contributed by atoms with Crippen LogP contribution in [0.15, 0.2) is 46.2 Å². The van der Waals surface area contributed by atoms with Crippen LogP contribution in [0.2, 0.25) is 5.02 Å². The molecule has 0 radical (unpaired) electrons. The molecule has 1 aliphatic heterocycles. The highest BCUT2D eigenvalue weighted by Crippen LogP contribution is 2.27. The minimum absolute atomic E-state index is 0.0538. The molecule has 1 saturated heterocycles. The van der Waals surface area contributed by atoms with E-state index in [1.54, 1.807) is 19.1 Å². The van der Waals surface area contributed by atoms with Crippen molar-refractivity contribution in [3.63, 3.8) is 0 Å². The van der Waals surface area contributed by atoms with Crippen molar-refractivity contribution in [3.8, 4) is 0 Å². The molecule has 1 N–H and O–H groups in total. The van der Waals surface area contributed by atoms with E-state index >= 15 is 0 Å². The number of halogens is 2. The summed E-state index contributed by atoms with van der Waals surface area (Å²) in [5.74, 6) is -0.964. The van der Waals surface area contributed by atoms with Crippen molar-refractivity contribution >= 4 is 37.3 Å². The number of nitrogens with zero attached hydrogens (tertiary/aromatic N) is 1. The van der Waals surface area contributed by atoms with E-state index in [1.807, 2.05) is 0 Å². The number of nitrogens with one attached hydrogen (secondary N) is 1. The largest absolute Gasteiger partial charge is 0.379 e. The van der Waals surface area contributed by atoms with Crippen LogP contribution in [0.25, 0.3) is 0 Å². The second-order valence-electron chi connectivity index (χ2n) is 6.18. The maximum absolute atomic E-state index is 14.3. The lowest BCUT2D eigenvalue weighted by atomic mass is 10.2. The van der Waals surface area contributed by atoms with Crippen LogP contribution in [-0.4, -0.2) is 47.4 Å². The van der Waals surface area contributed by atoms with Crippen LogP contribution in [0.5, 0.6) is 0 Å². The summed E-state index contributed by atoms with van der Waals surface area (Å²) in [6.07, 6.45) is 0. The number of ether oxygens (including phenoxy) is 1. The van der Waals surface area contributed by atoms with Crippen LogP contribution >= 0.6 is 11.6 Å². The minimum Gasteiger partial charge on any atom is -0.379 e. The van der Waals surface area contributed by atoms with Crippen LogP contribution in [0.1, 0.15) is 5.56 Å². The van der Waals surface area contributed by atoms with E-state index < -0.39 is 30.8 Å². The highest BCUT2D eigenvalue weighted by molar-refractivity contribution is 7.92. The molecule has 2 aromatic carbocycles. The van der Waals surface area contributed by atoms with Gasteiger partial charge in [0.1, 0.15) is 10.7 Å². The van der Waals surface area contributed by atoms with E-state index in [-0.39, 0.29) is 41.9 Å². The number of hydrogen-bond donors (Lipinski definition) is 1. The van der Waals surface area contributed by atoms with Gasteiger partial charge >= 0.3 is 0 Å². The van der Waals surface area contributed by atoms with E-state index in [2.05, 4.69) is 4.72 Å². The molecule has 2 aromatic rings. The second-order valence-corrected chi connectivity index (χ2v) is 10.2. The molecule has 0 atom stereocenters. The minimum atomic E-state index is -4.13.